The van der Waals surface area contributed by atoms with E-state index in [0.717, 1.165) is 0 Å². The first-order chi connectivity index (χ1) is 8.56. The van der Waals surface area contributed by atoms with Crippen LogP contribution in [0.3, 0.4) is 0 Å². The number of carbonyl (C=O) groups is 1. The first-order valence-electron chi connectivity index (χ1n) is 5.15. The number of hydrogen-bond acceptors (Lipinski definition) is 2. The number of hydrazine groups is 1. The van der Waals surface area contributed by atoms with Crippen molar-refractivity contribution in [2.24, 2.45) is 0 Å². The zero-order valence-electron chi connectivity index (χ0n) is 10.3. The summed E-state index contributed by atoms with van der Waals surface area (Å²) >= 11 is 0. The minimum Gasteiger partial charge on any atom is -0.287 e. The van der Waals surface area contributed by atoms with Crippen molar-refractivity contribution in [2.45, 2.75) is 26.3 Å². The Labute approximate surface area is 105 Å². The van der Waals surface area contributed by atoms with E-state index in [1.807, 2.05) is 5.43 Å². The fourth-order valence-electron chi connectivity index (χ4n) is 1.11. The molecule has 0 aliphatic rings. The summed E-state index contributed by atoms with van der Waals surface area (Å²) in [6.07, 6.45) is 0. The lowest BCUT2D eigenvalue weighted by Gasteiger charge is -2.21. The number of nitrogens with one attached hydrogen (secondary N) is 2. The molecule has 0 aromatic heterocycles. The molecule has 0 aliphatic carbocycles. The zero-order chi connectivity index (χ0) is 15.0. The van der Waals surface area contributed by atoms with Gasteiger partial charge in [-0.2, -0.15) is 0 Å². The summed E-state index contributed by atoms with van der Waals surface area (Å²) < 4.78 is 65.0. The molecule has 19 heavy (non-hydrogen) atoms. The molecule has 0 saturated carbocycles. The SMILES string of the molecule is CC(C)(C)NNC(=O)c1c(F)c(F)c(F)c(F)c1F. The third-order valence-corrected chi connectivity index (χ3v) is 1.99. The predicted octanol–water partition coefficient (Wildman–Crippen LogP) is 2.42. The normalized spacial score (nSPS) is 11.6. The van der Waals surface area contributed by atoms with Gasteiger partial charge in [0.15, 0.2) is 23.3 Å². The van der Waals surface area contributed by atoms with E-state index in [9.17, 15) is 26.7 Å². The van der Waals surface area contributed by atoms with E-state index in [-0.39, 0.29) is 0 Å². The Hall–Kier alpha value is -1.70. The van der Waals surface area contributed by atoms with Gasteiger partial charge in [-0.25, -0.2) is 27.4 Å². The van der Waals surface area contributed by atoms with Crippen LogP contribution in [0.2, 0.25) is 0 Å². The fourth-order valence-corrected chi connectivity index (χ4v) is 1.11. The molecule has 1 aromatic rings. The van der Waals surface area contributed by atoms with E-state index in [4.69, 9.17) is 0 Å². The number of amides is 1. The molecule has 0 fully saturated rings. The van der Waals surface area contributed by atoms with E-state index in [1.165, 1.54) is 0 Å². The second-order valence-electron chi connectivity index (χ2n) is 4.77. The van der Waals surface area contributed by atoms with Crippen LogP contribution in [0.4, 0.5) is 22.0 Å². The van der Waals surface area contributed by atoms with Crippen molar-refractivity contribution in [1.82, 2.24) is 10.9 Å². The highest BCUT2D eigenvalue weighted by atomic mass is 19.2. The Kier molecular flexibility index (Phi) is 4.14. The van der Waals surface area contributed by atoms with Crippen LogP contribution in [0.15, 0.2) is 0 Å². The molecular formula is C11H11F5N2O. The first kappa shape index (κ1) is 15.4. The molecule has 1 rings (SSSR count). The van der Waals surface area contributed by atoms with Crippen LogP contribution >= 0.6 is 0 Å². The van der Waals surface area contributed by atoms with E-state index in [2.05, 4.69) is 5.43 Å². The van der Waals surface area contributed by atoms with Gasteiger partial charge in [0.1, 0.15) is 5.56 Å². The fraction of sp³-hybridized carbons (Fsp3) is 0.364. The van der Waals surface area contributed by atoms with E-state index in [1.54, 1.807) is 20.8 Å². The zero-order valence-corrected chi connectivity index (χ0v) is 10.3. The lowest BCUT2D eigenvalue weighted by molar-refractivity contribution is 0.0902. The van der Waals surface area contributed by atoms with Crippen molar-refractivity contribution in [2.75, 3.05) is 0 Å². The monoisotopic (exact) mass is 282 g/mol. The van der Waals surface area contributed by atoms with Crippen molar-refractivity contribution in [3.63, 3.8) is 0 Å². The van der Waals surface area contributed by atoms with E-state index < -0.39 is 46.1 Å². The number of halogens is 5. The van der Waals surface area contributed by atoms with Gasteiger partial charge in [0.2, 0.25) is 5.82 Å². The number of hydrogen-bond donors (Lipinski definition) is 2. The van der Waals surface area contributed by atoms with Gasteiger partial charge in [0, 0.05) is 5.54 Å². The van der Waals surface area contributed by atoms with Gasteiger partial charge in [-0.3, -0.25) is 10.2 Å². The van der Waals surface area contributed by atoms with Crippen LogP contribution < -0.4 is 10.9 Å². The summed E-state index contributed by atoms with van der Waals surface area (Å²) in [5.41, 5.74) is 2.04. The molecule has 0 unspecified atom stereocenters. The van der Waals surface area contributed by atoms with Gasteiger partial charge in [0.25, 0.3) is 5.91 Å². The van der Waals surface area contributed by atoms with Gasteiger partial charge in [-0.1, -0.05) is 0 Å². The molecule has 1 amide bonds. The number of rotatable bonds is 2. The second kappa shape index (κ2) is 5.12. The molecule has 0 atom stereocenters. The maximum Gasteiger partial charge on any atom is 0.271 e. The molecule has 0 spiro atoms. The summed E-state index contributed by atoms with van der Waals surface area (Å²) in [7, 11) is 0. The average Bonchev–Trinajstić information content (AvgIpc) is 2.31. The van der Waals surface area contributed by atoms with Gasteiger partial charge in [-0.05, 0) is 20.8 Å². The predicted molar refractivity (Wildman–Crippen MR) is 56.6 cm³/mol. The van der Waals surface area contributed by atoms with Crippen LogP contribution in [0.5, 0.6) is 0 Å². The molecule has 0 bridgehead atoms. The first-order valence-corrected chi connectivity index (χ1v) is 5.15. The van der Waals surface area contributed by atoms with E-state index in [0.29, 0.717) is 0 Å². The standard InChI is InChI=1S/C11H11F5N2O/c1-11(2,3)18-17-10(19)4-5(12)7(14)9(16)8(15)6(4)13/h18H,1-3H3,(H,17,19). The minimum absolute atomic E-state index is 0.653. The third kappa shape index (κ3) is 3.19. The lowest BCUT2D eigenvalue weighted by atomic mass is 10.1. The van der Waals surface area contributed by atoms with Crippen molar-refractivity contribution >= 4 is 5.91 Å². The van der Waals surface area contributed by atoms with Crippen LogP contribution in [0, 0.1) is 29.1 Å². The van der Waals surface area contributed by atoms with Crippen molar-refractivity contribution < 1.29 is 26.7 Å². The van der Waals surface area contributed by atoms with Crippen LogP contribution in [0.25, 0.3) is 0 Å². The van der Waals surface area contributed by atoms with Gasteiger partial charge in [-0.15, -0.1) is 0 Å². The Bertz CT molecular complexity index is 496. The Morgan fingerprint density at radius 3 is 1.58 bits per heavy atom. The molecule has 0 aliphatic heterocycles. The lowest BCUT2D eigenvalue weighted by Crippen LogP contribution is -2.49. The van der Waals surface area contributed by atoms with Crippen LogP contribution in [-0.4, -0.2) is 11.4 Å². The molecule has 1 aromatic carbocycles. The summed E-state index contributed by atoms with van der Waals surface area (Å²) in [5.74, 6) is -12.5. The Morgan fingerprint density at radius 2 is 1.21 bits per heavy atom. The molecule has 0 saturated heterocycles. The second-order valence-corrected chi connectivity index (χ2v) is 4.77. The Balaban J connectivity index is 3.18. The van der Waals surface area contributed by atoms with Crippen LogP contribution in [-0.2, 0) is 0 Å². The highest BCUT2D eigenvalue weighted by molar-refractivity contribution is 5.94. The molecule has 3 nitrogen and oxygen atoms in total. The van der Waals surface area contributed by atoms with E-state index >= 15 is 0 Å². The molecule has 8 heteroatoms. The van der Waals surface area contributed by atoms with Crippen molar-refractivity contribution in [3.8, 4) is 0 Å². The highest BCUT2D eigenvalue weighted by Crippen LogP contribution is 2.22. The number of carbonyl (C=O) groups excluding carboxylic acids is 1. The molecular weight excluding hydrogens is 271 g/mol. The van der Waals surface area contributed by atoms with Gasteiger partial charge >= 0.3 is 0 Å². The molecule has 106 valence electrons. The minimum atomic E-state index is -2.31. The average molecular weight is 282 g/mol. The Morgan fingerprint density at radius 1 is 0.842 bits per heavy atom. The maximum atomic E-state index is 13.3. The van der Waals surface area contributed by atoms with Crippen molar-refractivity contribution in [1.29, 1.82) is 0 Å². The summed E-state index contributed by atoms with van der Waals surface area (Å²) in [4.78, 5) is 11.4. The quantitative estimate of drug-likeness (QED) is 0.378. The largest absolute Gasteiger partial charge is 0.287 e. The highest BCUT2D eigenvalue weighted by Gasteiger charge is 2.30. The third-order valence-electron chi connectivity index (χ3n) is 1.99. The number of benzene rings is 1. The summed E-state index contributed by atoms with van der Waals surface area (Å²) in [6.45, 7) is 4.85. The molecule has 0 heterocycles. The van der Waals surface area contributed by atoms with Gasteiger partial charge in [0.05, 0.1) is 0 Å². The topological polar surface area (TPSA) is 41.1 Å². The van der Waals surface area contributed by atoms with Crippen LogP contribution in [0.1, 0.15) is 31.1 Å². The van der Waals surface area contributed by atoms with Gasteiger partial charge < -0.3 is 0 Å². The summed E-state index contributed by atoms with van der Waals surface area (Å²) in [5, 5.41) is 0. The summed E-state index contributed by atoms with van der Waals surface area (Å²) in [6, 6.07) is 0. The smallest absolute Gasteiger partial charge is 0.271 e. The van der Waals surface area contributed by atoms with Crippen molar-refractivity contribution in [3.05, 3.63) is 34.6 Å². The molecule has 0 radical (unpaired) electrons. The maximum absolute atomic E-state index is 13.3. The molecule has 2 N–H and O–H groups in total.